The Bertz CT molecular complexity index is 864. The van der Waals surface area contributed by atoms with Crippen molar-refractivity contribution in [2.45, 2.75) is 20.8 Å². The highest BCUT2D eigenvalue weighted by Gasteiger charge is 2.16. The summed E-state index contributed by atoms with van der Waals surface area (Å²) in [4.78, 5) is 17.0. The van der Waals surface area contributed by atoms with Gasteiger partial charge in [0, 0.05) is 5.56 Å². The number of fused-ring (bicyclic) bond motifs is 1. The number of aromatic nitrogens is 4. The fourth-order valence-corrected chi connectivity index (χ4v) is 2.25. The number of benzene rings is 1. The van der Waals surface area contributed by atoms with Crippen molar-refractivity contribution in [2.75, 3.05) is 0 Å². The minimum atomic E-state index is -0.369. The molecular formula is C15H12ClFN4. The van der Waals surface area contributed by atoms with Crippen LogP contribution in [0.5, 0.6) is 0 Å². The summed E-state index contributed by atoms with van der Waals surface area (Å²) in [5.41, 5.74) is 3.86. The molecule has 4 nitrogen and oxygen atoms in total. The van der Waals surface area contributed by atoms with Crippen LogP contribution >= 0.6 is 11.6 Å². The molecule has 0 aliphatic rings. The van der Waals surface area contributed by atoms with E-state index in [2.05, 4.69) is 19.9 Å². The Balaban J connectivity index is 2.38. The van der Waals surface area contributed by atoms with E-state index in [9.17, 15) is 4.39 Å². The van der Waals surface area contributed by atoms with E-state index in [1.165, 1.54) is 6.07 Å². The van der Waals surface area contributed by atoms with E-state index in [4.69, 9.17) is 11.6 Å². The summed E-state index contributed by atoms with van der Waals surface area (Å²) in [5.74, 6) is -0.369. The number of rotatable bonds is 1. The van der Waals surface area contributed by atoms with Gasteiger partial charge in [-0.05, 0) is 50.1 Å². The number of hydrogen-bond donors (Lipinski definition) is 0. The number of aryl methyl sites for hydroxylation is 3. The third-order valence-electron chi connectivity index (χ3n) is 3.29. The highest BCUT2D eigenvalue weighted by Crippen LogP contribution is 2.28. The average molecular weight is 303 g/mol. The maximum absolute atomic E-state index is 14.2. The third kappa shape index (κ3) is 2.45. The van der Waals surface area contributed by atoms with Crippen LogP contribution in [0.1, 0.15) is 17.0 Å². The second-order valence-electron chi connectivity index (χ2n) is 4.89. The zero-order valence-electron chi connectivity index (χ0n) is 11.8. The van der Waals surface area contributed by atoms with Crippen LogP contribution in [-0.2, 0) is 0 Å². The summed E-state index contributed by atoms with van der Waals surface area (Å²) >= 11 is 5.94. The minimum absolute atomic E-state index is 0.0232. The molecule has 3 rings (SSSR count). The van der Waals surface area contributed by atoms with E-state index < -0.39 is 0 Å². The van der Waals surface area contributed by atoms with Gasteiger partial charge >= 0.3 is 0 Å². The highest BCUT2D eigenvalue weighted by atomic mass is 35.5. The summed E-state index contributed by atoms with van der Waals surface area (Å²) in [6, 6.07) is 4.93. The fraction of sp³-hybridized carbons (Fsp3) is 0.200. The van der Waals surface area contributed by atoms with Gasteiger partial charge in [0.05, 0.1) is 11.4 Å². The Hall–Kier alpha value is -2.14. The first-order valence-corrected chi connectivity index (χ1v) is 6.78. The lowest BCUT2D eigenvalue weighted by atomic mass is 10.1. The molecule has 106 valence electrons. The molecule has 6 heteroatoms. The molecule has 0 atom stereocenters. The smallest absolute Gasteiger partial charge is 0.225 e. The summed E-state index contributed by atoms with van der Waals surface area (Å²) in [7, 11) is 0. The van der Waals surface area contributed by atoms with Crippen LogP contribution < -0.4 is 0 Å². The van der Waals surface area contributed by atoms with Crippen LogP contribution in [0.15, 0.2) is 18.2 Å². The lowest BCUT2D eigenvalue weighted by Gasteiger charge is -2.08. The minimum Gasteiger partial charge on any atom is -0.246 e. The van der Waals surface area contributed by atoms with Gasteiger partial charge < -0.3 is 0 Å². The number of hydrogen-bond acceptors (Lipinski definition) is 4. The lowest BCUT2D eigenvalue weighted by molar-refractivity contribution is 0.629. The van der Waals surface area contributed by atoms with E-state index in [0.29, 0.717) is 22.4 Å². The molecule has 0 aliphatic carbocycles. The second-order valence-corrected chi connectivity index (χ2v) is 5.23. The fourth-order valence-electron chi connectivity index (χ4n) is 2.09. The van der Waals surface area contributed by atoms with Crippen LogP contribution in [-0.4, -0.2) is 19.9 Å². The van der Waals surface area contributed by atoms with Gasteiger partial charge in [-0.1, -0.05) is 6.07 Å². The third-order valence-corrected chi connectivity index (χ3v) is 3.46. The highest BCUT2D eigenvalue weighted by molar-refractivity contribution is 6.28. The standard InChI is InChI=1S/C15H12ClFN4/c1-7-4-5-10(11(17)6-7)12-13-14(21-15(16)20-12)19-9(3)8(2)18-13/h4-6H,1-3H3. The Morgan fingerprint density at radius 3 is 2.38 bits per heavy atom. The molecule has 0 fully saturated rings. The monoisotopic (exact) mass is 302 g/mol. The predicted molar refractivity (Wildman–Crippen MR) is 79.7 cm³/mol. The van der Waals surface area contributed by atoms with E-state index in [0.717, 1.165) is 17.0 Å². The first kappa shape index (κ1) is 13.8. The van der Waals surface area contributed by atoms with Crippen molar-refractivity contribution < 1.29 is 4.39 Å². The van der Waals surface area contributed by atoms with Crippen LogP contribution in [0.2, 0.25) is 5.28 Å². The maximum Gasteiger partial charge on any atom is 0.225 e. The zero-order chi connectivity index (χ0) is 15.1. The molecule has 0 radical (unpaired) electrons. The molecule has 0 saturated carbocycles. The van der Waals surface area contributed by atoms with Gasteiger partial charge in [0.1, 0.15) is 17.0 Å². The topological polar surface area (TPSA) is 51.6 Å². The molecule has 0 saturated heterocycles. The molecule has 21 heavy (non-hydrogen) atoms. The Kier molecular flexibility index (Phi) is 3.29. The van der Waals surface area contributed by atoms with E-state index in [1.54, 1.807) is 6.07 Å². The van der Waals surface area contributed by atoms with Crippen LogP contribution in [0.25, 0.3) is 22.4 Å². The second kappa shape index (κ2) is 5.00. The first-order chi connectivity index (χ1) is 9.95. The number of nitrogens with zero attached hydrogens (tertiary/aromatic N) is 4. The molecule has 0 N–H and O–H groups in total. The van der Waals surface area contributed by atoms with Crippen molar-refractivity contribution in [1.29, 1.82) is 0 Å². The summed E-state index contributed by atoms with van der Waals surface area (Å²) in [5, 5.41) is 0.0232. The molecule has 1 aromatic carbocycles. The molecule has 0 bridgehead atoms. The van der Waals surface area contributed by atoms with E-state index in [1.807, 2.05) is 26.8 Å². The van der Waals surface area contributed by atoms with Crippen LogP contribution in [0.3, 0.4) is 0 Å². The number of halogens is 2. The lowest BCUT2D eigenvalue weighted by Crippen LogP contribution is -2.01. The predicted octanol–water partition coefficient (Wildman–Crippen LogP) is 3.80. The molecule has 0 spiro atoms. The molecule has 0 aliphatic heterocycles. The van der Waals surface area contributed by atoms with Crippen molar-refractivity contribution in [3.63, 3.8) is 0 Å². The quantitative estimate of drug-likeness (QED) is 0.642. The Labute approximate surface area is 126 Å². The van der Waals surface area contributed by atoms with Gasteiger partial charge in [0.15, 0.2) is 5.65 Å². The Morgan fingerprint density at radius 1 is 0.952 bits per heavy atom. The normalized spacial score (nSPS) is 11.1. The largest absolute Gasteiger partial charge is 0.246 e. The van der Waals surface area contributed by atoms with Gasteiger partial charge in [0.25, 0.3) is 0 Å². The van der Waals surface area contributed by atoms with Gasteiger partial charge in [0.2, 0.25) is 5.28 Å². The SMILES string of the molecule is Cc1ccc(-c2nc(Cl)nc3nc(C)c(C)nc23)c(F)c1. The van der Waals surface area contributed by atoms with Crippen LogP contribution in [0, 0.1) is 26.6 Å². The van der Waals surface area contributed by atoms with Crippen molar-refractivity contribution in [1.82, 2.24) is 19.9 Å². The summed E-state index contributed by atoms with van der Waals surface area (Å²) in [6.07, 6.45) is 0. The summed E-state index contributed by atoms with van der Waals surface area (Å²) < 4.78 is 14.2. The molecule has 0 unspecified atom stereocenters. The summed E-state index contributed by atoms with van der Waals surface area (Å²) in [6.45, 7) is 5.50. The van der Waals surface area contributed by atoms with Gasteiger partial charge in [-0.25, -0.2) is 19.3 Å². The van der Waals surface area contributed by atoms with Crippen molar-refractivity contribution in [3.8, 4) is 11.3 Å². The van der Waals surface area contributed by atoms with Gasteiger partial charge in [-0.3, -0.25) is 0 Å². The van der Waals surface area contributed by atoms with Crippen molar-refractivity contribution in [2.24, 2.45) is 0 Å². The zero-order valence-corrected chi connectivity index (χ0v) is 12.5. The average Bonchev–Trinajstić information content (AvgIpc) is 2.40. The molecule has 2 heterocycles. The van der Waals surface area contributed by atoms with Gasteiger partial charge in [-0.15, -0.1) is 0 Å². The first-order valence-electron chi connectivity index (χ1n) is 6.40. The maximum atomic E-state index is 14.2. The van der Waals surface area contributed by atoms with Crippen molar-refractivity contribution in [3.05, 3.63) is 46.3 Å². The molecule has 2 aromatic heterocycles. The molecule has 3 aromatic rings. The van der Waals surface area contributed by atoms with Gasteiger partial charge in [-0.2, -0.15) is 4.98 Å². The molecular weight excluding hydrogens is 291 g/mol. The van der Waals surface area contributed by atoms with Crippen LogP contribution in [0.4, 0.5) is 4.39 Å². The van der Waals surface area contributed by atoms with E-state index in [-0.39, 0.29) is 11.1 Å². The molecule has 0 amide bonds. The van der Waals surface area contributed by atoms with E-state index >= 15 is 0 Å². The Morgan fingerprint density at radius 2 is 1.67 bits per heavy atom. The van der Waals surface area contributed by atoms with Crippen molar-refractivity contribution >= 4 is 22.8 Å².